The van der Waals surface area contributed by atoms with Gasteiger partial charge in [-0.1, -0.05) is 13.8 Å². The van der Waals surface area contributed by atoms with Crippen LogP contribution in [0.3, 0.4) is 0 Å². The average Bonchev–Trinajstić information content (AvgIpc) is 2.41. The first-order valence-corrected chi connectivity index (χ1v) is 6.84. The highest BCUT2D eigenvalue weighted by atomic mass is 32.2. The molecule has 0 amide bonds. The number of sulfone groups is 1. The third-order valence-electron chi connectivity index (χ3n) is 2.68. The lowest BCUT2D eigenvalue weighted by atomic mass is 10.0. The first-order chi connectivity index (χ1) is 6.44. The summed E-state index contributed by atoms with van der Waals surface area (Å²) in [4.78, 5) is 0. The highest BCUT2D eigenvalue weighted by molar-refractivity contribution is 7.91. The molecule has 4 nitrogen and oxygen atoms in total. The standard InChI is InChI=1S/C9H19NO3S/c1-7(2)9(5-11)10-8-3-4-14(12,13)6-8/h7-11H,3-6H2,1-2H3/t8?,9-/m1/s1. The molecule has 0 radical (unpaired) electrons. The Hall–Kier alpha value is -0.130. The summed E-state index contributed by atoms with van der Waals surface area (Å²) < 4.78 is 22.4. The van der Waals surface area contributed by atoms with E-state index in [1.165, 1.54) is 0 Å². The molecule has 0 saturated carbocycles. The van der Waals surface area contributed by atoms with E-state index < -0.39 is 9.84 Å². The van der Waals surface area contributed by atoms with Gasteiger partial charge in [0, 0.05) is 12.1 Å². The van der Waals surface area contributed by atoms with Gasteiger partial charge in [0.2, 0.25) is 0 Å². The van der Waals surface area contributed by atoms with Crippen molar-refractivity contribution in [1.29, 1.82) is 0 Å². The maximum atomic E-state index is 11.2. The first kappa shape index (κ1) is 11.9. The van der Waals surface area contributed by atoms with Gasteiger partial charge in [-0.15, -0.1) is 0 Å². The summed E-state index contributed by atoms with van der Waals surface area (Å²) in [6, 6.07) is 0.0350. The molecule has 14 heavy (non-hydrogen) atoms. The number of rotatable bonds is 4. The Morgan fingerprint density at radius 2 is 2.14 bits per heavy atom. The van der Waals surface area contributed by atoms with Gasteiger partial charge in [0.05, 0.1) is 18.1 Å². The van der Waals surface area contributed by atoms with Crippen LogP contribution in [0.4, 0.5) is 0 Å². The minimum Gasteiger partial charge on any atom is -0.395 e. The Labute approximate surface area is 85.6 Å². The van der Waals surface area contributed by atoms with Crippen LogP contribution in [0.1, 0.15) is 20.3 Å². The molecule has 0 aromatic carbocycles. The zero-order chi connectivity index (χ0) is 10.8. The van der Waals surface area contributed by atoms with Crippen LogP contribution in [0, 0.1) is 5.92 Å². The van der Waals surface area contributed by atoms with Crippen LogP contribution in [0.5, 0.6) is 0 Å². The summed E-state index contributed by atoms with van der Waals surface area (Å²) in [5, 5.41) is 12.3. The van der Waals surface area contributed by atoms with Gasteiger partial charge in [-0.05, 0) is 12.3 Å². The fourth-order valence-electron chi connectivity index (χ4n) is 1.69. The van der Waals surface area contributed by atoms with E-state index in [0.717, 1.165) is 0 Å². The molecule has 0 aromatic heterocycles. The fraction of sp³-hybridized carbons (Fsp3) is 1.00. The Bertz CT molecular complexity index is 274. The predicted octanol–water partition coefficient (Wildman–Crippen LogP) is -0.220. The van der Waals surface area contributed by atoms with Crippen LogP contribution in [-0.4, -0.2) is 43.7 Å². The third-order valence-corrected chi connectivity index (χ3v) is 4.45. The molecule has 1 aliphatic heterocycles. The van der Waals surface area contributed by atoms with Crippen LogP contribution >= 0.6 is 0 Å². The van der Waals surface area contributed by atoms with Gasteiger partial charge in [0.1, 0.15) is 0 Å². The third kappa shape index (κ3) is 3.22. The molecule has 1 unspecified atom stereocenters. The van der Waals surface area contributed by atoms with E-state index in [4.69, 9.17) is 5.11 Å². The summed E-state index contributed by atoms with van der Waals surface area (Å²) in [6.45, 7) is 4.09. The molecule has 84 valence electrons. The lowest BCUT2D eigenvalue weighted by Gasteiger charge is -2.23. The number of hydrogen-bond donors (Lipinski definition) is 2. The van der Waals surface area contributed by atoms with Crippen LogP contribution < -0.4 is 5.32 Å². The second-order valence-corrected chi connectivity index (χ2v) is 6.53. The van der Waals surface area contributed by atoms with Gasteiger partial charge in [-0.25, -0.2) is 8.42 Å². The van der Waals surface area contributed by atoms with Crippen molar-refractivity contribution in [2.45, 2.75) is 32.4 Å². The minimum absolute atomic E-state index is 0.00769. The summed E-state index contributed by atoms with van der Waals surface area (Å²) in [6.07, 6.45) is 0.672. The Balaban J connectivity index is 2.45. The molecule has 1 fully saturated rings. The van der Waals surface area contributed by atoms with E-state index in [-0.39, 0.29) is 30.2 Å². The van der Waals surface area contributed by atoms with E-state index >= 15 is 0 Å². The van der Waals surface area contributed by atoms with E-state index in [1.54, 1.807) is 0 Å². The van der Waals surface area contributed by atoms with Crippen molar-refractivity contribution in [3.8, 4) is 0 Å². The molecule has 5 heteroatoms. The van der Waals surface area contributed by atoms with Crippen molar-refractivity contribution in [3.63, 3.8) is 0 Å². The fourth-order valence-corrected chi connectivity index (χ4v) is 3.37. The topological polar surface area (TPSA) is 66.4 Å². The molecule has 0 aliphatic carbocycles. The minimum atomic E-state index is -2.82. The highest BCUT2D eigenvalue weighted by Crippen LogP contribution is 2.13. The average molecular weight is 221 g/mol. The molecule has 1 rings (SSSR count). The summed E-state index contributed by atoms with van der Waals surface area (Å²) >= 11 is 0. The molecule has 2 N–H and O–H groups in total. The maximum absolute atomic E-state index is 11.2. The van der Waals surface area contributed by atoms with Crippen molar-refractivity contribution in [1.82, 2.24) is 5.32 Å². The second-order valence-electron chi connectivity index (χ2n) is 4.30. The van der Waals surface area contributed by atoms with Gasteiger partial charge < -0.3 is 10.4 Å². The number of aliphatic hydroxyl groups is 1. The smallest absolute Gasteiger partial charge is 0.151 e. The van der Waals surface area contributed by atoms with Crippen molar-refractivity contribution < 1.29 is 13.5 Å². The van der Waals surface area contributed by atoms with E-state index in [9.17, 15) is 8.42 Å². The summed E-state index contributed by atoms with van der Waals surface area (Å²) in [5.74, 6) is 0.820. The van der Waals surface area contributed by atoms with Crippen molar-refractivity contribution >= 4 is 9.84 Å². The number of hydrogen-bond acceptors (Lipinski definition) is 4. The molecule has 0 aromatic rings. The van der Waals surface area contributed by atoms with Crippen molar-refractivity contribution in [3.05, 3.63) is 0 Å². The number of aliphatic hydroxyl groups excluding tert-OH is 1. The molecular formula is C9H19NO3S. The monoisotopic (exact) mass is 221 g/mol. The zero-order valence-electron chi connectivity index (χ0n) is 8.73. The van der Waals surface area contributed by atoms with E-state index in [0.29, 0.717) is 12.3 Å². The largest absolute Gasteiger partial charge is 0.395 e. The maximum Gasteiger partial charge on any atom is 0.151 e. The second kappa shape index (κ2) is 4.59. The Kier molecular flexibility index (Phi) is 3.92. The van der Waals surface area contributed by atoms with Crippen molar-refractivity contribution in [2.75, 3.05) is 18.1 Å². The van der Waals surface area contributed by atoms with Gasteiger partial charge in [0.25, 0.3) is 0 Å². The first-order valence-electron chi connectivity index (χ1n) is 5.02. The van der Waals surface area contributed by atoms with Crippen LogP contribution in [0.2, 0.25) is 0 Å². The van der Waals surface area contributed by atoms with Gasteiger partial charge in [-0.2, -0.15) is 0 Å². The van der Waals surface area contributed by atoms with Gasteiger partial charge in [-0.3, -0.25) is 0 Å². The Morgan fingerprint density at radius 3 is 2.50 bits per heavy atom. The molecule has 1 saturated heterocycles. The molecule has 0 bridgehead atoms. The summed E-state index contributed by atoms with van der Waals surface area (Å²) in [5.41, 5.74) is 0. The molecular weight excluding hydrogens is 202 g/mol. The molecule has 1 heterocycles. The van der Waals surface area contributed by atoms with E-state index in [1.807, 2.05) is 13.8 Å². The van der Waals surface area contributed by atoms with Crippen LogP contribution in [-0.2, 0) is 9.84 Å². The summed E-state index contributed by atoms with van der Waals surface area (Å²) in [7, 11) is -2.82. The van der Waals surface area contributed by atoms with Crippen LogP contribution in [0.25, 0.3) is 0 Å². The molecule has 0 spiro atoms. The van der Waals surface area contributed by atoms with E-state index in [2.05, 4.69) is 5.32 Å². The lowest BCUT2D eigenvalue weighted by molar-refractivity contribution is 0.202. The number of nitrogens with one attached hydrogen (secondary N) is 1. The van der Waals surface area contributed by atoms with Crippen LogP contribution in [0.15, 0.2) is 0 Å². The van der Waals surface area contributed by atoms with Gasteiger partial charge >= 0.3 is 0 Å². The zero-order valence-corrected chi connectivity index (χ0v) is 9.55. The Morgan fingerprint density at radius 1 is 1.50 bits per heavy atom. The predicted molar refractivity (Wildman–Crippen MR) is 55.9 cm³/mol. The lowest BCUT2D eigenvalue weighted by Crippen LogP contribution is -2.44. The SMILES string of the molecule is CC(C)[C@@H](CO)NC1CCS(=O)(=O)C1. The molecule has 1 aliphatic rings. The highest BCUT2D eigenvalue weighted by Gasteiger charge is 2.29. The normalized spacial score (nSPS) is 28.1. The quantitative estimate of drug-likeness (QED) is 0.689. The molecule has 2 atom stereocenters. The van der Waals surface area contributed by atoms with Gasteiger partial charge in [0.15, 0.2) is 9.84 Å². The van der Waals surface area contributed by atoms with Crippen molar-refractivity contribution in [2.24, 2.45) is 5.92 Å².